The van der Waals surface area contributed by atoms with E-state index in [0.29, 0.717) is 19.5 Å². The van der Waals surface area contributed by atoms with Crippen LogP contribution in [-0.2, 0) is 16.0 Å². The van der Waals surface area contributed by atoms with Gasteiger partial charge in [0, 0.05) is 31.4 Å². The number of aromatic amines is 1. The summed E-state index contributed by atoms with van der Waals surface area (Å²) >= 11 is 0. The molecule has 98 valence electrons. The average Bonchev–Trinajstić information content (AvgIpc) is 2.82. The van der Waals surface area contributed by atoms with Crippen molar-refractivity contribution in [1.29, 1.82) is 0 Å². The second-order valence-corrected chi connectivity index (χ2v) is 4.68. The number of aromatic nitrogens is 2. The highest BCUT2D eigenvalue weighted by atomic mass is 16.4. The quantitative estimate of drug-likeness (QED) is 0.823. The van der Waals surface area contributed by atoms with Crippen LogP contribution in [0.1, 0.15) is 25.0 Å². The average molecular weight is 251 g/mol. The molecule has 1 amide bonds. The molecule has 2 rings (SSSR count). The summed E-state index contributed by atoms with van der Waals surface area (Å²) in [6.07, 6.45) is 3.73. The number of carbonyl (C=O) groups is 2. The maximum Gasteiger partial charge on any atom is 0.303 e. The molecule has 2 N–H and O–H groups in total. The SMILES string of the molecule is O=C(O)CC1CCN(C(=O)Cc2ccn[nH]2)CC1. The lowest BCUT2D eigenvalue weighted by molar-refractivity contribution is -0.138. The Balaban J connectivity index is 1.79. The highest BCUT2D eigenvalue weighted by Crippen LogP contribution is 2.20. The van der Waals surface area contributed by atoms with Crippen LogP contribution < -0.4 is 0 Å². The van der Waals surface area contributed by atoms with E-state index in [9.17, 15) is 9.59 Å². The molecular formula is C12H17N3O3. The van der Waals surface area contributed by atoms with Gasteiger partial charge in [0.2, 0.25) is 5.91 Å². The normalized spacial score (nSPS) is 16.8. The lowest BCUT2D eigenvalue weighted by atomic mass is 9.93. The van der Waals surface area contributed by atoms with Gasteiger partial charge in [-0.1, -0.05) is 0 Å². The van der Waals surface area contributed by atoms with Crippen molar-refractivity contribution in [3.05, 3.63) is 18.0 Å². The smallest absolute Gasteiger partial charge is 0.303 e. The van der Waals surface area contributed by atoms with Gasteiger partial charge in [-0.2, -0.15) is 5.10 Å². The molecule has 0 atom stereocenters. The number of carboxylic acids is 1. The monoisotopic (exact) mass is 251 g/mol. The van der Waals surface area contributed by atoms with Crippen LogP contribution in [0.15, 0.2) is 12.3 Å². The van der Waals surface area contributed by atoms with Crippen LogP contribution in [0.25, 0.3) is 0 Å². The summed E-state index contributed by atoms with van der Waals surface area (Å²) in [6, 6.07) is 1.79. The first-order valence-corrected chi connectivity index (χ1v) is 6.13. The number of hydrogen-bond acceptors (Lipinski definition) is 3. The summed E-state index contributed by atoms with van der Waals surface area (Å²) in [6.45, 7) is 1.32. The molecular weight excluding hydrogens is 234 g/mol. The van der Waals surface area contributed by atoms with Crippen molar-refractivity contribution >= 4 is 11.9 Å². The van der Waals surface area contributed by atoms with Crippen LogP contribution in [0.2, 0.25) is 0 Å². The van der Waals surface area contributed by atoms with Crippen molar-refractivity contribution < 1.29 is 14.7 Å². The molecule has 1 aromatic rings. The van der Waals surface area contributed by atoms with Crippen molar-refractivity contribution in [3.8, 4) is 0 Å². The van der Waals surface area contributed by atoms with Gasteiger partial charge in [0.05, 0.1) is 6.42 Å². The minimum Gasteiger partial charge on any atom is -0.481 e. The van der Waals surface area contributed by atoms with Crippen LogP contribution >= 0.6 is 0 Å². The van der Waals surface area contributed by atoms with Gasteiger partial charge in [-0.25, -0.2) is 0 Å². The fourth-order valence-corrected chi connectivity index (χ4v) is 2.29. The van der Waals surface area contributed by atoms with E-state index < -0.39 is 5.97 Å². The second-order valence-electron chi connectivity index (χ2n) is 4.68. The fourth-order valence-electron chi connectivity index (χ4n) is 2.29. The molecule has 6 heteroatoms. The summed E-state index contributed by atoms with van der Waals surface area (Å²) in [5.41, 5.74) is 0.813. The molecule has 0 bridgehead atoms. The summed E-state index contributed by atoms with van der Waals surface area (Å²) in [5, 5.41) is 15.3. The third-order valence-electron chi connectivity index (χ3n) is 3.33. The lowest BCUT2D eigenvalue weighted by Gasteiger charge is -2.31. The number of nitrogens with one attached hydrogen (secondary N) is 1. The van der Waals surface area contributed by atoms with Gasteiger partial charge in [0.25, 0.3) is 0 Å². The Morgan fingerprint density at radius 1 is 1.44 bits per heavy atom. The number of nitrogens with zero attached hydrogens (tertiary/aromatic N) is 2. The molecule has 6 nitrogen and oxygen atoms in total. The highest BCUT2D eigenvalue weighted by Gasteiger charge is 2.24. The predicted octanol–water partition coefficient (Wildman–Crippen LogP) is 0.665. The number of likely N-dealkylation sites (tertiary alicyclic amines) is 1. The van der Waals surface area contributed by atoms with Crippen molar-refractivity contribution in [3.63, 3.8) is 0 Å². The topological polar surface area (TPSA) is 86.3 Å². The molecule has 1 saturated heterocycles. The molecule has 1 aliphatic rings. The largest absolute Gasteiger partial charge is 0.481 e. The van der Waals surface area contributed by atoms with E-state index in [0.717, 1.165) is 18.5 Å². The molecule has 0 saturated carbocycles. The van der Waals surface area contributed by atoms with E-state index in [4.69, 9.17) is 5.11 Å². The Morgan fingerprint density at radius 3 is 2.72 bits per heavy atom. The summed E-state index contributed by atoms with van der Waals surface area (Å²) in [5.74, 6) is -0.469. The Morgan fingerprint density at radius 2 is 2.17 bits per heavy atom. The highest BCUT2D eigenvalue weighted by molar-refractivity contribution is 5.78. The number of aliphatic carboxylic acids is 1. The number of amides is 1. The van der Waals surface area contributed by atoms with E-state index in [1.54, 1.807) is 17.2 Å². The molecule has 1 aliphatic heterocycles. The van der Waals surface area contributed by atoms with E-state index in [1.807, 2.05) is 0 Å². The third kappa shape index (κ3) is 3.32. The Hall–Kier alpha value is -1.85. The Kier molecular flexibility index (Phi) is 3.96. The lowest BCUT2D eigenvalue weighted by Crippen LogP contribution is -2.39. The zero-order valence-corrected chi connectivity index (χ0v) is 10.1. The predicted molar refractivity (Wildman–Crippen MR) is 63.8 cm³/mol. The van der Waals surface area contributed by atoms with Gasteiger partial charge in [-0.3, -0.25) is 14.7 Å². The molecule has 0 aromatic carbocycles. The zero-order valence-electron chi connectivity index (χ0n) is 10.1. The fraction of sp³-hybridized carbons (Fsp3) is 0.583. The van der Waals surface area contributed by atoms with Crippen molar-refractivity contribution in [1.82, 2.24) is 15.1 Å². The first kappa shape index (κ1) is 12.6. The van der Waals surface area contributed by atoms with Crippen LogP contribution in [0.4, 0.5) is 0 Å². The van der Waals surface area contributed by atoms with Gasteiger partial charge in [0.1, 0.15) is 0 Å². The maximum atomic E-state index is 12.0. The van der Waals surface area contributed by atoms with Gasteiger partial charge >= 0.3 is 5.97 Å². The van der Waals surface area contributed by atoms with Crippen LogP contribution in [0.3, 0.4) is 0 Å². The second kappa shape index (κ2) is 5.66. The number of hydrogen-bond donors (Lipinski definition) is 2. The maximum absolute atomic E-state index is 12.0. The van der Waals surface area contributed by atoms with E-state index in [1.165, 1.54) is 0 Å². The third-order valence-corrected chi connectivity index (χ3v) is 3.33. The van der Waals surface area contributed by atoms with Gasteiger partial charge in [-0.15, -0.1) is 0 Å². The molecule has 2 heterocycles. The van der Waals surface area contributed by atoms with E-state index in [-0.39, 0.29) is 18.2 Å². The zero-order chi connectivity index (χ0) is 13.0. The Bertz CT molecular complexity index is 408. The molecule has 18 heavy (non-hydrogen) atoms. The van der Waals surface area contributed by atoms with Gasteiger partial charge in [0.15, 0.2) is 0 Å². The minimum absolute atomic E-state index is 0.0769. The summed E-state index contributed by atoms with van der Waals surface area (Å²) in [4.78, 5) is 24.4. The van der Waals surface area contributed by atoms with E-state index >= 15 is 0 Å². The number of H-pyrrole nitrogens is 1. The van der Waals surface area contributed by atoms with Crippen LogP contribution in [0, 0.1) is 5.92 Å². The summed E-state index contributed by atoms with van der Waals surface area (Å²) < 4.78 is 0. The van der Waals surface area contributed by atoms with Crippen LogP contribution in [-0.4, -0.2) is 45.2 Å². The number of carboxylic acid groups (broad SMARTS) is 1. The molecule has 1 aromatic heterocycles. The molecule has 1 fully saturated rings. The number of carbonyl (C=O) groups excluding carboxylic acids is 1. The van der Waals surface area contributed by atoms with Crippen molar-refractivity contribution in [2.75, 3.05) is 13.1 Å². The van der Waals surface area contributed by atoms with Crippen LogP contribution in [0.5, 0.6) is 0 Å². The van der Waals surface area contributed by atoms with Gasteiger partial charge in [-0.05, 0) is 24.8 Å². The van der Waals surface area contributed by atoms with Crippen molar-refractivity contribution in [2.24, 2.45) is 5.92 Å². The summed E-state index contributed by atoms with van der Waals surface area (Å²) in [7, 11) is 0. The number of rotatable bonds is 4. The first-order valence-electron chi connectivity index (χ1n) is 6.13. The van der Waals surface area contributed by atoms with E-state index in [2.05, 4.69) is 10.2 Å². The van der Waals surface area contributed by atoms with Crippen molar-refractivity contribution in [2.45, 2.75) is 25.7 Å². The number of piperidine rings is 1. The minimum atomic E-state index is -0.753. The molecule has 0 radical (unpaired) electrons. The Labute approximate surface area is 105 Å². The molecule has 0 aliphatic carbocycles. The van der Waals surface area contributed by atoms with Gasteiger partial charge < -0.3 is 10.0 Å². The standard InChI is InChI=1S/C12H17N3O3/c16-11(8-10-1-4-13-14-10)15-5-2-9(3-6-15)7-12(17)18/h1,4,9H,2-3,5-8H2,(H,13,14)(H,17,18). The first-order chi connectivity index (χ1) is 8.65. The molecule has 0 unspecified atom stereocenters. The molecule has 0 spiro atoms.